The van der Waals surface area contributed by atoms with Gasteiger partial charge in [0.2, 0.25) is 5.91 Å². The van der Waals surface area contributed by atoms with E-state index in [9.17, 15) is 9.59 Å². The summed E-state index contributed by atoms with van der Waals surface area (Å²) in [5.74, 6) is -1.31. The van der Waals surface area contributed by atoms with Gasteiger partial charge in [0.15, 0.2) is 0 Å². The van der Waals surface area contributed by atoms with Gasteiger partial charge in [-0.25, -0.2) is 4.79 Å². The van der Waals surface area contributed by atoms with Crippen LogP contribution in [0.5, 0.6) is 0 Å². The number of amides is 1. The van der Waals surface area contributed by atoms with Crippen molar-refractivity contribution in [2.24, 2.45) is 7.05 Å². The zero-order chi connectivity index (χ0) is 15.6. The first-order valence-electron chi connectivity index (χ1n) is 6.42. The molecule has 0 fully saturated rings. The maximum Gasteiger partial charge on any atom is 0.338 e. The van der Waals surface area contributed by atoms with Gasteiger partial charge in [-0.3, -0.25) is 14.2 Å². The Kier molecular flexibility index (Phi) is 4.06. The second-order valence-electron chi connectivity index (χ2n) is 4.82. The van der Waals surface area contributed by atoms with Crippen LogP contribution in [0.1, 0.15) is 34.6 Å². The molecule has 0 aliphatic heterocycles. The van der Waals surface area contributed by atoms with Crippen LogP contribution in [0.15, 0.2) is 18.6 Å². The van der Waals surface area contributed by atoms with Crippen LogP contribution in [0, 0.1) is 6.92 Å². The largest absolute Gasteiger partial charge is 0.478 e. The lowest BCUT2D eigenvalue weighted by Crippen LogP contribution is -2.31. The highest BCUT2D eigenvalue weighted by Crippen LogP contribution is 2.09. The van der Waals surface area contributed by atoms with Crippen molar-refractivity contribution in [2.45, 2.75) is 26.4 Å². The normalized spacial score (nSPS) is 12.1. The monoisotopic (exact) mass is 291 g/mol. The van der Waals surface area contributed by atoms with E-state index in [2.05, 4.69) is 15.5 Å². The van der Waals surface area contributed by atoms with Crippen LogP contribution >= 0.6 is 0 Å². The Morgan fingerprint density at radius 3 is 2.67 bits per heavy atom. The molecule has 1 atom stereocenters. The molecule has 0 radical (unpaired) electrons. The number of hydrogen-bond acceptors (Lipinski definition) is 4. The topological polar surface area (TPSA) is 102 Å². The molecule has 8 heteroatoms. The molecule has 112 valence electrons. The molecule has 21 heavy (non-hydrogen) atoms. The van der Waals surface area contributed by atoms with E-state index in [0.717, 1.165) is 11.3 Å². The highest BCUT2D eigenvalue weighted by Gasteiger charge is 2.17. The number of aromatic carboxylic acids is 1. The van der Waals surface area contributed by atoms with E-state index >= 15 is 0 Å². The van der Waals surface area contributed by atoms with E-state index in [1.54, 1.807) is 11.6 Å². The summed E-state index contributed by atoms with van der Waals surface area (Å²) in [5.41, 5.74) is 1.85. The van der Waals surface area contributed by atoms with Crippen LogP contribution in [0.4, 0.5) is 0 Å². The summed E-state index contributed by atoms with van der Waals surface area (Å²) in [6, 6.07) is -0.588. The lowest BCUT2D eigenvalue weighted by molar-refractivity contribution is -0.124. The Morgan fingerprint density at radius 1 is 1.43 bits per heavy atom. The lowest BCUT2D eigenvalue weighted by atomic mass is 10.2. The number of aryl methyl sites for hydroxylation is 2. The quantitative estimate of drug-likeness (QED) is 0.835. The summed E-state index contributed by atoms with van der Waals surface area (Å²) in [6.45, 7) is 3.90. The second kappa shape index (κ2) is 5.78. The average Bonchev–Trinajstić information content (AvgIpc) is 3.02. The molecule has 1 unspecified atom stereocenters. The van der Waals surface area contributed by atoms with Gasteiger partial charge in [-0.15, -0.1) is 0 Å². The van der Waals surface area contributed by atoms with Gasteiger partial charge >= 0.3 is 5.97 Å². The smallest absolute Gasteiger partial charge is 0.338 e. The molecule has 0 saturated carbocycles. The SMILES string of the molecule is Cc1nn(C)cc1CNC(=O)C(C)n1cc(C(=O)O)cn1. The predicted octanol–water partition coefficient (Wildman–Crippen LogP) is 0.501. The Hall–Kier alpha value is -2.64. The number of rotatable bonds is 5. The molecule has 2 aromatic heterocycles. The van der Waals surface area contributed by atoms with Gasteiger partial charge in [0.05, 0.1) is 17.5 Å². The van der Waals surface area contributed by atoms with Crippen molar-refractivity contribution in [3.8, 4) is 0 Å². The molecule has 2 N–H and O–H groups in total. The summed E-state index contributed by atoms with van der Waals surface area (Å²) in [7, 11) is 1.82. The molecule has 0 aliphatic carbocycles. The van der Waals surface area contributed by atoms with Crippen molar-refractivity contribution in [1.29, 1.82) is 0 Å². The van der Waals surface area contributed by atoms with Gasteiger partial charge in [0.1, 0.15) is 6.04 Å². The molecule has 2 rings (SSSR count). The fourth-order valence-electron chi connectivity index (χ4n) is 1.93. The average molecular weight is 291 g/mol. The first-order chi connectivity index (χ1) is 9.88. The maximum absolute atomic E-state index is 12.1. The molecule has 0 aliphatic rings. The minimum atomic E-state index is -1.07. The summed E-state index contributed by atoms with van der Waals surface area (Å²) in [4.78, 5) is 22.9. The summed E-state index contributed by atoms with van der Waals surface area (Å²) < 4.78 is 3.02. The Balaban J connectivity index is 1.99. The summed E-state index contributed by atoms with van der Waals surface area (Å²) >= 11 is 0. The third-order valence-corrected chi connectivity index (χ3v) is 3.19. The summed E-state index contributed by atoms with van der Waals surface area (Å²) in [6.07, 6.45) is 4.40. The molecule has 2 heterocycles. The Labute approximate surface area is 121 Å². The fourth-order valence-corrected chi connectivity index (χ4v) is 1.93. The number of carbonyl (C=O) groups excluding carboxylic acids is 1. The van der Waals surface area contributed by atoms with E-state index < -0.39 is 12.0 Å². The number of hydrogen-bond donors (Lipinski definition) is 2. The van der Waals surface area contributed by atoms with Crippen molar-refractivity contribution >= 4 is 11.9 Å². The van der Waals surface area contributed by atoms with Crippen molar-refractivity contribution in [2.75, 3.05) is 0 Å². The molecule has 0 saturated heterocycles. The minimum Gasteiger partial charge on any atom is -0.478 e. The first kappa shape index (κ1) is 14.8. The van der Waals surface area contributed by atoms with E-state index in [1.165, 1.54) is 17.1 Å². The van der Waals surface area contributed by atoms with E-state index in [-0.39, 0.29) is 11.5 Å². The van der Waals surface area contributed by atoms with Crippen LogP contribution in [0.25, 0.3) is 0 Å². The number of carbonyl (C=O) groups is 2. The Bertz CT molecular complexity index is 673. The highest BCUT2D eigenvalue weighted by atomic mass is 16.4. The van der Waals surface area contributed by atoms with Crippen LogP contribution in [-0.4, -0.2) is 36.5 Å². The second-order valence-corrected chi connectivity index (χ2v) is 4.82. The van der Waals surface area contributed by atoms with Gasteiger partial charge in [0.25, 0.3) is 0 Å². The Morgan fingerprint density at radius 2 is 2.14 bits per heavy atom. The number of carboxylic acid groups (broad SMARTS) is 1. The van der Waals surface area contributed by atoms with Gasteiger partial charge in [-0.2, -0.15) is 10.2 Å². The first-order valence-corrected chi connectivity index (χ1v) is 6.42. The molecule has 0 bridgehead atoms. The van der Waals surface area contributed by atoms with Crippen LogP contribution < -0.4 is 5.32 Å². The van der Waals surface area contributed by atoms with Crippen molar-refractivity contribution in [3.63, 3.8) is 0 Å². The van der Waals surface area contributed by atoms with Crippen LogP contribution in [0.2, 0.25) is 0 Å². The highest BCUT2D eigenvalue weighted by molar-refractivity contribution is 5.87. The van der Waals surface area contributed by atoms with Crippen molar-refractivity contribution < 1.29 is 14.7 Å². The standard InChI is InChI=1S/C13H17N5O3/c1-8-10(6-17(3)16-8)4-14-12(19)9(2)18-7-11(5-15-18)13(20)21/h5-7,9H,4H2,1-3H3,(H,14,19)(H,20,21). The predicted molar refractivity (Wildman–Crippen MR) is 73.7 cm³/mol. The molecule has 1 amide bonds. The molecule has 0 spiro atoms. The van der Waals surface area contributed by atoms with E-state index in [0.29, 0.717) is 6.54 Å². The van der Waals surface area contributed by atoms with Crippen LogP contribution in [0.3, 0.4) is 0 Å². The van der Waals surface area contributed by atoms with Gasteiger partial charge in [-0.1, -0.05) is 0 Å². The van der Waals surface area contributed by atoms with E-state index in [1.807, 2.05) is 20.2 Å². The number of nitrogens with zero attached hydrogens (tertiary/aromatic N) is 4. The zero-order valence-corrected chi connectivity index (χ0v) is 12.1. The van der Waals surface area contributed by atoms with Gasteiger partial charge < -0.3 is 10.4 Å². The van der Waals surface area contributed by atoms with Crippen molar-refractivity contribution in [1.82, 2.24) is 24.9 Å². The van der Waals surface area contributed by atoms with E-state index in [4.69, 9.17) is 5.11 Å². The third kappa shape index (κ3) is 3.28. The van der Waals surface area contributed by atoms with Gasteiger partial charge in [0, 0.05) is 31.5 Å². The third-order valence-electron chi connectivity index (χ3n) is 3.19. The summed E-state index contributed by atoms with van der Waals surface area (Å²) in [5, 5.41) is 19.7. The molecule has 2 aromatic rings. The zero-order valence-electron chi connectivity index (χ0n) is 12.1. The molecular formula is C13H17N5O3. The number of aromatic nitrogens is 4. The lowest BCUT2D eigenvalue weighted by Gasteiger charge is -2.12. The minimum absolute atomic E-state index is 0.0535. The van der Waals surface area contributed by atoms with Crippen molar-refractivity contribution in [3.05, 3.63) is 35.4 Å². The maximum atomic E-state index is 12.1. The molecular weight excluding hydrogens is 274 g/mol. The van der Waals surface area contributed by atoms with Crippen LogP contribution in [-0.2, 0) is 18.4 Å². The molecule has 0 aromatic carbocycles. The fraction of sp³-hybridized carbons (Fsp3) is 0.385. The van der Waals surface area contributed by atoms with Gasteiger partial charge in [-0.05, 0) is 13.8 Å². The number of carboxylic acids is 1. The number of nitrogens with one attached hydrogen (secondary N) is 1. The molecule has 8 nitrogen and oxygen atoms in total.